The topological polar surface area (TPSA) is 59.4 Å². The average Bonchev–Trinajstić information content (AvgIpc) is 3.07. The van der Waals surface area contributed by atoms with Crippen molar-refractivity contribution in [3.05, 3.63) is 65.5 Å². The van der Waals surface area contributed by atoms with Gasteiger partial charge in [-0.15, -0.1) is 6.58 Å². The van der Waals surface area contributed by atoms with Gasteiger partial charge in [-0.3, -0.25) is 4.98 Å². The van der Waals surface area contributed by atoms with Crippen molar-refractivity contribution in [2.24, 2.45) is 0 Å². The van der Waals surface area contributed by atoms with Gasteiger partial charge in [0.2, 0.25) is 0 Å². The fourth-order valence-corrected chi connectivity index (χ4v) is 2.64. The lowest BCUT2D eigenvalue weighted by Gasteiger charge is -2.10. The molecule has 1 aromatic heterocycles. The van der Waals surface area contributed by atoms with E-state index in [4.69, 9.17) is 9.84 Å². The zero-order valence-electron chi connectivity index (χ0n) is 13.5. The molecule has 1 N–H and O–H groups in total. The molecule has 1 atom stereocenters. The molecule has 1 aromatic rings. The van der Waals surface area contributed by atoms with Gasteiger partial charge >= 0.3 is 5.97 Å². The van der Waals surface area contributed by atoms with Crippen LogP contribution in [-0.2, 0) is 11.2 Å². The SMILES string of the molecule is C=CCC(=CC=C(C)C1CCCO1)Cc1cncc(C(=O)O)c1. The summed E-state index contributed by atoms with van der Waals surface area (Å²) in [5.41, 5.74) is 3.50. The molecule has 2 rings (SSSR count). The largest absolute Gasteiger partial charge is 0.478 e. The highest BCUT2D eigenvalue weighted by atomic mass is 16.5. The van der Waals surface area contributed by atoms with E-state index >= 15 is 0 Å². The van der Waals surface area contributed by atoms with Crippen LogP contribution in [0.25, 0.3) is 0 Å². The van der Waals surface area contributed by atoms with Crippen molar-refractivity contribution in [1.82, 2.24) is 4.98 Å². The van der Waals surface area contributed by atoms with Crippen LogP contribution in [0.5, 0.6) is 0 Å². The summed E-state index contributed by atoms with van der Waals surface area (Å²) in [7, 11) is 0. The summed E-state index contributed by atoms with van der Waals surface area (Å²) < 4.78 is 5.67. The lowest BCUT2D eigenvalue weighted by atomic mass is 10.0. The highest BCUT2D eigenvalue weighted by Gasteiger charge is 2.16. The predicted octanol–water partition coefficient (Wildman–Crippen LogP) is 3.95. The number of pyridine rings is 1. The normalized spacial score (nSPS) is 18.9. The minimum atomic E-state index is -0.956. The summed E-state index contributed by atoms with van der Waals surface area (Å²) in [4.78, 5) is 15.0. The Morgan fingerprint density at radius 3 is 2.96 bits per heavy atom. The fourth-order valence-electron chi connectivity index (χ4n) is 2.64. The molecule has 1 saturated heterocycles. The first-order valence-electron chi connectivity index (χ1n) is 7.86. The van der Waals surface area contributed by atoms with Crippen LogP contribution in [0.3, 0.4) is 0 Å². The van der Waals surface area contributed by atoms with Crippen LogP contribution in [0.1, 0.15) is 42.1 Å². The van der Waals surface area contributed by atoms with E-state index in [1.165, 1.54) is 17.3 Å². The molecule has 0 amide bonds. The lowest BCUT2D eigenvalue weighted by molar-refractivity contribution is 0.0696. The summed E-state index contributed by atoms with van der Waals surface area (Å²) in [6, 6.07) is 1.67. The number of ether oxygens (including phenoxy) is 1. The van der Waals surface area contributed by atoms with Crippen LogP contribution in [0.4, 0.5) is 0 Å². The molecule has 0 saturated carbocycles. The predicted molar refractivity (Wildman–Crippen MR) is 90.5 cm³/mol. The van der Waals surface area contributed by atoms with Gasteiger partial charge in [-0.1, -0.05) is 23.8 Å². The van der Waals surface area contributed by atoms with Gasteiger partial charge in [0.05, 0.1) is 11.7 Å². The first-order chi connectivity index (χ1) is 11.1. The quantitative estimate of drug-likeness (QED) is 0.611. The Morgan fingerprint density at radius 2 is 2.30 bits per heavy atom. The first-order valence-corrected chi connectivity index (χ1v) is 7.86. The maximum absolute atomic E-state index is 11.0. The third-order valence-electron chi connectivity index (χ3n) is 3.90. The lowest BCUT2D eigenvalue weighted by Crippen LogP contribution is -2.05. The third-order valence-corrected chi connectivity index (χ3v) is 3.90. The van der Waals surface area contributed by atoms with Gasteiger partial charge in [0.1, 0.15) is 0 Å². The Morgan fingerprint density at radius 1 is 1.48 bits per heavy atom. The molecule has 1 fully saturated rings. The van der Waals surface area contributed by atoms with Gasteiger partial charge in [0.15, 0.2) is 0 Å². The van der Waals surface area contributed by atoms with Crippen LogP contribution >= 0.6 is 0 Å². The number of carboxylic acids is 1. The van der Waals surface area contributed by atoms with Crippen LogP contribution in [0, 0.1) is 0 Å². The zero-order valence-corrected chi connectivity index (χ0v) is 13.5. The Balaban J connectivity index is 2.12. The molecule has 2 heterocycles. The molecule has 0 spiro atoms. The summed E-state index contributed by atoms with van der Waals surface area (Å²) in [5, 5.41) is 9.05. The van der Waals surface area contributed by atoms with Crippen molar-refractivity contribution in [2.75, 3.05) is 6.61 Å². The Labute approximate surface area is 137 Å². The number of rotatable bonds is 7. The van der Waals surface area contributed by atoms with E-state index in [0.29, 0.717) is 6.42 Å². The number of hydrogen-bond acceptors (Lipinski definition) is 3. The highest BCUT2D eigenvalue weighted by Crippen LogP contribution is 2.20. The number of carboxylic acid groups (broad SMARTS) is 1. The molecule has 0 radical (unpaired) electrons. The minimum absolute atomic E-state index is 0.214. The van der Waals surface area contributed by atoms with Gasteiger partial charge in [0.25, 0.3) is 0 Å². The smallest absolute Gasteiger partial charge is 0.337 e. The second kappa shape index (κ2) is 8.44. The maximum Gasteiger partial charge on any atom is 0.337 e. The average molecular weight is 313 g/mol. The van der Waals surface area contributed by atoms with Crippen molar-refractivity contribution >= 4 is 5.97 Å². The van der Waals surface area contributed by atoms with Gasteiger partial charge < -0.3 is 9.84 Å². The number of allylic oxidation sites excluding steroid dienone is 4. The molecule has 0 bridgehead atoms. The molecular weight excluding hydrogens is 290 g/mol. The number of hydrogen-bond donors (Lipinski definition) is 1. The van der Waals surface area contributed by atoms with Crippen molar-refractivity contribution in [1.29, 1.82) is 0 Å². The van der Waals surface area contributed by atoms with Gasteiger partial charge in [0, 0.05) is 19.0 Å². The van der Waals surface area contributed by atoms with E-state index in [9.17, 15) is 4.79 Å². The fraction of sp³-hybridized carbons (Fsp3) is 0.368. The summed E-state index contributed by atoms with van der Waals surface area (Å²) >= 11 is 0. The summed E-state index contributed by atoms with van der Waals surface area (Å²) in [6.07, 6.45) is 13.0. The van der Waals surface area contributed by atoms with Crippen molar-refractivity contribution in [3.63, 3.8) is 0 Å². The molecule has 1 unspecified atom stereocenters. The molecule has 0 aromatic carbocycles. The Hall–Kier alpha value is -2.20. The standard InChI is InChI=1S/C19H23NO3/c1-3-5-15(8-7-14(2)18-6-4-9-23-18)10-16-11-17(19(21)22)13-20-12-16/h3,7-8,11-13,18H,1,4-6,9-10H2,2H3,(H,21,22). The third kappa shape index (κ3) is 5.18. The number of aromatic carboxylic acids is 1. The molecule has 1 aliphatic rings. The van der Waals surface area contributed by atoms with E-state index in [2.05, 4.69) is 30.6 Å². The second-order valence-electron chi connectivity index (χ2n) is 5.79. The van der Waals surface area contributed by atoms with E-state index in [-0.39, 0.29) is 11.7 Å². The maximum atomic E-state index is 11.0. The van der Waals surface area contributed by atoms with E-state index < -0.39 is 5.97 Å². The Bertz CT molecular complexity index is 625. The van der Waals surface area contributed by atoms with Crippen LogP contribution in [-0.4, -0.2) is 28.8 Å². The highest BCUT2D eigenvalue weighted by molar-refractivity contribution is 5.87. The molecule has 4 heteroatoms. The summed E-state index contributed by atoms with van der Waals surface area (Å²) in [5.74, 6) is -0.956. The van der Waals surface area contributed by atoms with Gasteiger partial charge in [-0.25, -0.2) is 4.79 Å². The Kier molecular flexibility index (Phi) is 6.29. The first kappa shape index (κ1) is 17.2. The number of aromatic nitrogens is 1. The molecule has 0 aliphatic carbocycles. The molecule has 1 aliphatic heterocycles. The van der Waals surface area contributed by atoms with Crippen LogP contribution < -0.4 is 0 Å². The van der Waals surface area contributed by atoms with Crippen molar-refractivity contribution < 1.29 is 14.6 Å². The zero-order chi connectivity index (χ0) is 16.7. The molecular formula is C19H23NO3. The van der Waals surface area contributed by atoms with Gasteiger partial charge in [-0.2, -0.15) is 0 Å². The van der Waals surface area contributed by atoms with E-state index in [1.807, 2.05) is 6.08 Å². The van der Waals surface area contributed by atoms with Crippen molar-refractivity contribution in [3.8, 4) is 0 Å². The van der Waals surface area contributed by atoms with Crippen LogP contribution in [0.15, 0.2) is 54.4 Å². The van der Waals surface area contributed by atoms with Crippen LogP contribution in [0.2, 0.25) is 0 Å². The minimum Gasteiger partial charge on any atom is -0.478 e. The number of carbonyl (C=O) groups is 1. The van der Waals surface area contributed by atoms with E-state index in [1.54, 1.807) is 12.3 Å². The molecule has 23 heavy (non-hydrogen) atoms. The second-order valence-corrected chi connectivity index (χ2v) is 5.79. The summed E-state index contributed by atoms with van der Waals surface area (Å²) in [6.45, 7) is 6.72. The monoisotopic (exact) mass is 313 g/mol. The van der Waals surface area contributed by atoms with Gasteiger partial charge in [-0.05, 0) is 49.8 Å². The van der Waals surface area contributed by atoms with E-state index in [0.717, 1.165) is 31.4 Å². The molecule has 122 valence electrons. The number of nitrogens with zero attached hydrogens (tertiary/aromatic N) is 1. The molecule has 4 nitrogen and oxygen atoms in total. The van der Waals surface area contributed by atoms with Crippen molar-refractivity contribution in [2.45, 2.75) is 38.7 Å².